The molecule has 3 aromatic rings. The zero-order valence-corrected chi connectivity index (χ0v) is 16.9. The number of benzene rings is 2. The van der Waals surface area contributed by atoms with E-state index in [0.717, 1.165) is 10.5 Å². The van der Waals surface area contributed by atoms with Crippen LogP contribution in [0, 0.1) is 6.92 Å². The molecule has 1 aromatic heterocycles. The first-order chi connectivity index (χ1) is 15.0. The van der Waals surface area contributed by atoms with Crippen molar-refractivity contribution < 1.29 is 19.1 Å². The van der Waals surface area contributed by atoms with Crippen LogP contribution in [0.5, 0.6) is 5.75 Å². The van der Waals surface area contributed by atoms with Crippen molar-refractivity contribution in [1.82, 2.24) is 14.9 Å². The molecule has 9 nitrogen and oxygen atoms in total. The summed E-state index contributed by atoms with van der Waals surface area (Å²) in [6.07, 6.45) is 2.77. The van der Waals surface area contributed by atoms with Crippen LogP contribution in [-0.2, 0) is 6.54 Å². The molecule has 0 spiro atoms. The quantitative estimate of drug-likeness (QED) is 0.616. The number of anilines is 2. The van der Waals surface area contributed by atoms with E-state index >= 15 is 0 Å². The number of rotatable bonds is 5. The second kappa shape index (κ2) is 8.23. The Morgan fingerprint density at radius 3 is 2.32 bits per heavy atom. The summed E-state index contributed by atoms with van der Waals surface area (Å²) >= 11 is 0. The lowest BCUT2D eigenvalue weighted by atomic mass is 10.1. The first kappa shape index (κ1) is 20.0. The van der Waals surface area contributed by atoms with Gasteiger partial charge >= 0.3 is 6.03 Å². The number of imide groups is 1. The number of hydrogen-bond acceptors (Lipinski definition) is 6. The van der Waals surface area contributed by atoms with Gasteiger partial charge < -0.3 is 10.1 Å². The molecule has 1 aliphatic rings. The molecule has 156 valence electrons. The zero-order chi connectivity index (χ0) is 22.0. The molecule has 0 saturated heterocycles. The maximum Gasteiger partial charge on any atom is 0.324 e. The van der Waals surface area contributed by atoms with Gasteiger partial charge in [0, 0.05) is 0 Å². The summed E-state index contributed by atoms with van der Waals surface area (Å²) < 4.78 is 5.24. The number of amides is 4. The van der Waals surface area contributed by atoms with Gasteiger partial charge in [-0.2, -0.15) is 0 Å². The molecule has 4 amide bonds. The molecule has 0 unspecified atom stereocenters. The highest BCUT2D eigenvalue weighted by Crippen LogP contribution is 2.26. The largest absolute Gasteiger partial charge is 0.495 e. The molecular formula is C22H19N5O4. The van der Waals surface area contributed by atoms with Crippen LogP contribution in [0.4, 0.5) is 16.3 Å². The minimum atomic E-state index is -0.508. The molecule has 2 aromatic carbocycles. The van der Waals surface area contributed by atoms with Crippen molar-refractivity contribution in [2.45, 2.75) is 13.5 Å². The van der Waals surface area contributed by atoms with Gasteiger partial charge in [0.25, 0.3) is 11.8 Å². The van der Waals surface area contributed by atoms with Crippen LogP contribution in [-0.4, -0.2) is 39.8 Å². The lowest BCUT2D eigenvalue weighted by Gasteiger charge is -2.13. The van der Waals surface area contributed by atoms with Crippen LogP contribution in [0.2, 0.25) is 0 Å². The Morgan fingerprint density at radius 1 is 1.00 bits per heavy atom. The Kier molecular flexibility index (Phi) is 5.31. The monoisotopic (exact) mass is 417 g/mol. The molecule has 1 aliphatic heterocycles. The maximum atomic E-state index is 12.5. The third-order valence-corrected chi connectivity index (χ3v) is 4.75. The molecule has 2 N–H and O–H groups in total. The van der Waals surface area contributed by atoms with E-state index in [1.807, 2.05) is 13.0 Å². The number of aryl methyl sites for hydroxylation is 1. The fourth-order valence-corrected chi connectivity index (χ4v) is 3.24. The fraction of sp³-hybridized carbons (Fsp3) is 0.136. The average Bonchev–Trinajstić information content (AvgIpc) is 3.00. The van der Waals surface area contributed by atoms with E-state index in [1.165, 1.54) is 19.5 Å². The third kappa shape index (κ3) is 4.06. The smallest absolute Gasteiger partial charge is 0.324 e. The topological polar surface area (TPSA) is 114 Å². The summed E-state index contributed by atoms with van der Waals surface area (Å²) in [4.78, 5) is 46.7. The fourth-order valence-electron chi connectivity index (χ4n) is 3.24. The summed E-state index contributed by atoms with van der Waals surface area (Å²) in [5.41, 5.74) is 2.66. The molecule has 31 heavy (non-hydrogen) atoms. The van der Waals surface area contributed by atoms with Gasteiger partial charge in [-0.25, -0.2) is 9.78 Å². The predicted molar refractivity (Wildman–Crippen MR) is 113 cm³/mol. The van der Waals surface area contributed by atoms with Crippen molar-refractivity contribution in [2.24, 2.45) is 0 Å². The number of ether oxygens (including phenoxy) is 1. The highest BCUT2D eigenvalue weighted by atomic mass is 16.5. The summed E-state index contributed by atoms with van der Waals surface area (Å²) in [5.74, 6) is 0.0190. The SMILES string of the molecule is COc1ccc(C)cc1NC(=O)Nc1cnc(CN2C(=O)c3ccccc3C2=O)cn1. The second-order valence-corrected chi connectivity index (χ2v) is 6.92. The van der Waals surface area contributed by atoms with Crippen LogP contribution in [0.1, 0.15) is 32.0 Å². The number of hydrogen-bond donors (Lipinski definition) is 2. The Labute approximate surface area is 178 Å². The van der Waals surface area contributed by atoms with Crippen LogP contribution in [0.15, 0.2) is 54.9 Å². The van der Waals surface area contributed by atoms with Crippen LogP contribution < -0.4 is 15.4 Å². The summed E-state index contributed by atoms with van der Waals surface area (Å²) in [7, 11) is 1.52. The average molecular weight is 417 g/mol. The van der Waals surface area contributed by atoms with Gasteiger partial charge in [-0.1, -0.05) is 18.2 Å². The Balaban J connectivity index is 1.40. The summed E-state index contributed by atoms with van der Waals surface area (Å²) in [5, 5.41) is 5.29. The lowest BCUT2D eigenvalue weighted by molar-refractivity contribution is 0.0640. The third-order valence-electron chi connectivity index (χ3n) is 4.75. The van der Waals surface area contributed by atoms with Crippen LogP contribution in [0.3, 0.4) is 0 Å². The summed E-state index contributed by atoms with van der Waals surface area (Å²) in [6, 6.07) is 11.6. The summed E-state index contributed by atoms with van der Waals surface area (Å²) in [6.45, 7) is 1.90. The van der Waals surface area contributed by atoms with Gasteiger partial charge in [0.1, 0.15) is 5.75 Å². The Hall–Kier alpha value is -4.27. The minimum absolute atomic E-state index is 0.00762. The van der Waals surface area contributed by atoms with Crippen LogP contribution >= 0.6 is 0 Å². The number of carbonyl (C=O) groups excluding carboxylic acids is 3. The van der Waals surface area contributed by atoms with Crippen LogP contribution in [0.25, 0.3) is 0 Å². The van der Waals surface area contributed by atoms with Crippen molar-refractivity contribution in [3.8, 4) is 5.75 Å². The van der Waals surface area contributed by atoms with Crippen molar-refractivity contribution >= 4 is 29.4 Å². The van der Waals surface area contributed by atoms with E-state index in [1.54, 1.807) is 36.4 Å². The highest BCUT2D eigenvalue weighted by molar-refractivity contribution is 6.21. The molecule has 0 bridgehead atoms. The Bertz CT molecular complexity index is 1140. The minimum Gasteiger partial charge on any atom is -0.495 e. The Morgan fingerprint density at radius 2 is 1.71 bits per heavy atom. The van der Waals surface area contributed by atoms with Gasteiger partial charge in [-0.05, 0) is 36.8 Å². The molecule has 2 heterocycles. The van der Waals surface area contributed by atoms with Gasteiger partial charge in [0.2, 0.25) is 0 Å². The molecule has 4 rings (SSSR count). The number of carbonyl (C=O) groups is 3. The molecular weight excluding hydrogens is 398 g/mol. The van der Waals surface area contributed by atoms with Crippen molar-refractivity contribution in [3.05, 3.63) is 77.2 Å². The highest BCUT2D eigenvalue weighted by Gasteiger charge is 2.35. The number of fused-ring (bicyclic) bond motifs is 1. The van der Waals surface area contributed by atoms with E-state index in [9.17, 15) is 14.4 Å². The lowest BCUT2D eigenvalue weighted by Crippen LogP contribution is -2.29. The molecule has 0 saturated carbocycles. The predicted octanol–water partition coefficient (Wildman–Crippen LogP) is 3.23. The molecule has 9 heteroatoms. The van der Waals surface area contributed by atoms with Gasteiger partial charge in [-0.15, -0.1) is 0 Å². The molecule has 0 aliphatic carbocycles. The molecule has 0 radical (unpaired) electrons. The van der Waals surface area contributed by atoms with E-state index < -0.39 is 6.03 Å². The molecule has 0 fully saturated rings. The van der Waals surface area contributed by atoms with E-state index in [2.05, 4.69) is 20.6 Å². The first-order valence-electron chi connectivity index (χ1n) is 9.45. The van der Waals surface area contributed by atoms with Crippen molar-refractivity contribution in [3.63, 3.8) is 0 Å². The van der Waals surface area contributed by atoms with E-state index in [-0.39, 0.29) is 24.2 Å². The van der Waals surface area contributed by atoms with Gasteiger partial charge in [0.15, 0.2) is 5.82 Å². The van der Waals surface area contributed by atoms with E-state index in [0.29, 0.717) is 28.3 Å². The normalized spacial score (nSPS) is 12.5. The number of nitrogens with one attached hydrogen (secondary N) is 2. The second-order valence-electron chi connectivity index (χ2n) is 6.92. The van der Waals surface area contributed by atoms with Gasteiger partial charge in [-0.3, -0.25) is 24.8 Å². The number of urea groups is 1. The van der Waals surface area contributed by atoms with E-state index in [4.69, 9.17) is 4.74 Å². The first-order valence-corrected chi connectivity index (χ1v) is 9.45. The van der Waals surface area contributed by atoms with Crippen molar-refractivity contribution in [2.75, 3.05) is 17.7 Å². The van der Waals surface area contributed by atoms with Crippen molar-refractivity contribution in [1.29, 1.82) is 0 Å². The van der Waals surface area contributed by atoms with Gasteiger partial charge in [0.05, 0.1) is 48.6 Å². The zero-order valence-electron chi connectivity index (χ0n) is 16.9. The maximum absolute atomic E-state index is 12.5. The number of methoxy groups -OCH3 is 1. The molecule has 0 atom stereocenters. The number of nitrogens with zero attached hydrogens (tertiary/aromatic N) is 3. The number of aromatic nitrogens is 2. The standard InChI is InChI=1S/C22H19N5O4/c1-13-7-8-18(31-2)17(9-13)25-22(30)26-19-11-23-14(10-24-19)12-27-20(28)15-5-3-4-6-16(15)21(27)29/h3-11H,12H2,1-2H3,(H2,24,25,26,30).